The molecule has 2 aliphatic heterocycles. The van der Waals surface area contributed by atoms with Gasteiger partial charge in [-0.25, -0.2) is 13.4 Å². The van der Waals surface area contributed by atoms with Crippen LogP contribution in [0.5, 0.6) is 5.75 Å². The number of ether oxygens (including phenoxy) is 2. The number of morpholine rings is 1. The van der Waals surface area contributed by atoms with Crippen LogP contribution in [0, 0.1) is 0 Å². The molecule has 21 heavy (non-hydrogen) atoms. The maximum Gasteiger partial charge on any atom is 0.262 e. The van der Waals surface area contributed by atoms with E-state index < -0.39 is 10.0 Å². The Morgan fingerprint density at radius 3 is 2.76 bits per heavy atom. The number of sulfonamides is 1. The summed E-state index contributed by atoms with van der Waals surface area (Å²) in [7, 11) is -3.68. The first-order valence-electron chi connectivity index (χ1n) is 6.46. The fourth-order valence-corrected chi connectivity index (χ4v) is 3.24. The van der Waals surface area contributed by atoms with Crippen LogP contribution in [0.25, 0.3) is 0 Å². The highest BCUT2D eigenvalue weighted by Gasteiger charge is 2.23. The van der Waals surface area contributed by atoms with Gasteiger partial charge in [-0.3, -0.25) is 4.79 Å². The fourth-order valence-electron chi connectivity index (χ4n) is 2.10. The lowest BCUT2D eigenvalue weighted by Crippen LogP contribution is -2.48. The average molecular weight is 313 g/mol. The molecule has 2 heterocycles. The first kappa shape index (κ1) is 14.3. The minimum atomic E-state index is -3.68. The van der Waals surface area contributed by atoms with Gasteiger partial charge in [0.15, 0.2) is 6.61 Å². The highest BCUT2D eigenvalue weighted by Crippen LogP contribution is 2.30. The van der Waals surface area contributed by atoms with Crippen molar-refractivity contribution < 1.29 is 22.7 Å². The van der Waals surface area contributed by atoms with Crippen LogP contribution < -0.4 is 14.9 Å². The van der Waals surface area contributed by atoms with E-state index in [1.807, 2.05) is 0 Å². The molecule has 0 aliphatic carbocycles. The lowest BCUT2D eigenvalue weighted by Gasteiger charge is -2.27. The lowest BCUT2D eigenvalue weighted by atomic mass is 10.2. The molecule has 0 aromatic heterocycles. The summed E-state index contributed by atoms with van der Waals surface area (Å²) in [6, 6.07) is 4.34. The number of anilines is 1. The number of amides is 1. The van der Waals surface area contributed by atoms with Gasteiger partial charge in [-0.15, -0.1) is 4.83 Å². The third kappa shape index (κ3) is 3.16. The number of nitrogens with zero attached hydrogens (tertiary/aromatic N) is 1. The van der Waals surface area contributed by atoms with Gasteiger partial charge in [0, 0.05) is 19.2 Å². The average Bonchev–Trinajstić information content (AvgIpc) is 2.47. The molecule has 1 amide bonds. The summed E-state index contributed by atoms with van der Waals surface area (Å²) in [5.41, 5.74) is 0.469. The quantitative estimate of drug-likeness (QED) is 0.784. The van der Waals surface area contributed by atoms with Crippen LogP contribution in [-0.2, 0) is 19.6 Å². The predicted octanol–water partition coefficient (Wildman–Crippen LogP) is -0.457. The monoisotopic (exact) mass is 313 g/mol. The Morgan fingerprint density at radius 2 is 2.00 bits per heavy atom. The zero-order chi connectivity index (χ0) is 14.9. The van der Waals surface area contributed by atoms with Crippen LogP contribution >= 0.6 is 0 Å². The normalized spacial score (nSPS) is 19.5. The summed E-state index contributed by atoms with van der Waals surface area (Å²) in [6.45, 7) is 1.85. The van der Waals surface area contributed by atoms with Crippen molar-refractivity contribution in [1.82, 2.24) is 9.84 Å². The van der Waals surface area contributed by atoms with Crippen LogP contribution in [0.3, 0.4) is 0 Å². The summed E-state index contributed by atoms with van der Waals surface area (Å²) in [6.07, 6.45) is 0. The molecule has 1 aromatic rings. The van der Waals surface area contributed by atoms with E-state index in [9.17, 15) is 13.2 Å². The Kier molecular flexibility index (Phi) is 3.81. The van der Waals surface area contributed by atoms with Crippen LogP contribution in [0.2, 0.25) is 0 Å². The predicted molar refractivity (Wildman–Crippen MR) is 73.3 cm³/mol. The molecule has 2 N–H and O–H groups in total. The number of fused-ring (bicyclic) bond motifs is 1. The van der Waals surface area contributed by atoms with Crippen molar-refractivity contribution in [2.45, 2.75) is 4.90 Å². The molecule has 9 heteroatoms. The number of nitrogens with one attached hydrogen (secondary N) is 2. The second-order valence-corrected chi connectivity index (χ2v) is 6.35. The van der Waals surface area contributed by atoms with E-state index >= 15 is 0 Å². The van der Waals surface area contributed by atoms with Gasteiger partial charge in [-0.2, -0.15) is 0 Å². The van der Waals surface area contributed by atoms with Gasteiger partial charge in [-0.05, 0) is 12.1 Å². The number of benzene rings is 1. The number of carbonyl (C=O) groups is 1. The second kappa shape index (κ2) is 5.60. The molecule has 0 saturated carbocycles. The highest BCUT2D eigenvalue weighted by atomic mass is 32.2. The molecule has 0 atom stereocenters. The largest absolute Gasteiger partial charge is 0.482 e. The minimum Gasteiger partial charge on any atom is -0.482 e. The van der Waals surface area contributed by atoms with Gasteiger partial charge >= 0.3 is 0 Å². The SMILES string of the molecule is O=C1COc2cc(S(=O)(=O)NN3CCOCC3)ccc2N1. The zero-order valence-corrected chi connectivity index (χ0v) is 12.0. The van der Waals surface area contributed by atoms with E-state index in [0.717, 1.165) is 0 Å². The fraction of sp³-hybridized carbons (Fsp3) is 0.417. The van der Waals surface area contributed by atoms with Gasteiger partial charge in [0.25, 0.3) is 15.9 Å². The Bertz CT molecular complexity index is 655. The van der Waals surface area contributed by atoms with E-state index in [1.165, 1.54) is 18.2 Å². The molecule has 1 fully saturated rings. The highest BCUT2D eigenvalue weighted by molar-refractivity contribution is 7.89. The van der Waals surface area contributed by atoms with E-state index in [4.69, 9.17) is 9.47 Å². The van der Waals surface area contributed by atoms with Crippen molar-refractivity contribution in [2.24, 2.45) is 0 Å². The van der Waals surface area contributed by atoms with Gasteiger partial charge in [0.05, 0.1) is 23.8 Å². The number of hydrogen-bond acceptors (Lipinski definition) is 6. The molecule has 0 spiro atoms. The maximum atomic E-state index is 12.3. The minimum absolute atomic E-state index is 0.0869. The molecule has 2 aliphatic rings. The smallest absolute Gasteiger partial charge is 0.262 e. The van der Waals surface area contributed by atoms with Crippen LogP contribution in [0.15, 0.2) is 23.1 Å². The van der Waals surface area contributed by atoms with Gasteiger partial charge < -0.3 is 14.8 Å². The van der Waals surface area contributed by atoms with Gasteiger partial charge in [-0.1, -0.05) is 0 Å². The summed E-state index contributed by atoms with van der Waals surface area (Å²) in [5, 5.41) is 4.21. The van der Waals surface area contributed by atoms with Crippen molar-refractivity contribution in [2.75, 3.05) is 38.2 Å². The third-order valence-corrected chi connectivity index (χ3v) is 4.53. The topological polar surface area (TPSA) is 97.0 Å². The molecule has 1 saturated heterocycles. The Labute approximate surface area is 122 Å². The molecule has 114 valence electrons. The molecule has 1 aromatic carbocycles. The molecule has 0 radical (unpaired) electrons. The second-order valence-electron chi connectivity index (χ2n) is 4.69. The van der Waals surface area contributed by atoms with Crippen molar-refractivity contribution in [1.29, 1.82) is 0 Å². The number of hydrazine groups is 1. The van der Waals surface area contributed by atoms with Crippen LogP contribution in [0.4, 0.5) is 5.69 Å². The standard InChI is InChI=1S/C12H15N3O5S/c16-12-8-20-11-7-9(1-2-10(11)13-12)21(17,18)14-15-3-5-19-6-4-15/h1-2,7,14H,3-6,8H2,(H,13,16). The zero-order valence-electron chi connectivity index (χ0n) is 11.2. The van der Waals surface area contributed by atoms with Crippen LogP contribution in [-0.4, -0.2) is 52.2 Å². The van der Waals surface area contributed by atoms with E-state index in [-0.39, 0.29) is 17.4 Å². The third-order valence-electron chi connectivity index (χ3n) is 3.16. The number of hydrogen-bond donors (Lipinski definition) is 2. The van der Waals surface area contributed by atoms with Crippen molar-refractivity contribution >= 4 is 21.6 Å². The van der Waals surface area contributed by atoms with E-state index in [0.29, 0.717) is 37.7 Å². The summed E-state index contributed by atoms with van der Waals surface area (Å²) >= 11 is 0. The van der Waals surface area contributed by atoms with E-state index in [1.54, 1.807) is 5.01 Å². The van der Waals surface area contributed by atoms with Gasteiger partial charge in [0.1, 0.15) is 5.75 Å². The van der Waals surface area contributed by atoms with E-state index in [2.05, 4.69) is 10.1 Å². The lowest BCUT2D eigenvalue weighted by molar-refractivity contribution is -0.118. The van der Waals surface area contributed by atoms with Crippen molar-refractivity contribution in [3.63, 3.8) is 0 Å². The summed E-state index contributed by atoms with van der Waals surface area (Å²) < 4.78 is 35.0. The Balaban J connectivity index is 1.80. The number of carbonyl (C=O) groups excluding carboxylic acids is 1. The molecule has 8 nitrogen and oxygen atoms in total. The molecule has 0 unspecified atom stereocenters. The molecular weight excluding hydrogens is 298 g/mol. The summed E-state index contributed by atoms with van der Waals surface area (Å²) in [5.74, 6) is 0.0870. The molecular formula is C12H15N3O5S. The Morgan fingerprint density at radius 1 is 1.24 bits per heavy atom. The Hall–Kier alpha value is -1.68. The first-order chi connectivity index (χ1) is 10.0. The van der Waals surface area contributed by atoms with Crippen LogP contribution in [0.1, 0.15) is 0 Å². The first-order valence-corrected chi connectivity index (χ1v) is 7.95. The summed E-state index contributed by atoms with van der Waals surface area (Å²) in [4.78, 5) is 13.8. The van der Waals surface area contributed by atoms with Crippen molar-refractivity contribution in [3.05, 3.63) is 18.2 Å². The molecule has 0 bridgehead atoms. The maximum absolute atomic E-state index is 12.3. The molecule has 3 rings (SSSR count). The van der Waals surface area contributed by atoms with Gasteiger partial charge in [0.2, 0.25) is 0 Å². The number of rotatable bonds is 3. The van der Waals surface area contributed by atoms with Crippen molar-refractivity contribution in [3.8, 4) is 5.75 Å².